The number of nitrogens with zero attached hydrogens (tertiary/aromatic N) is 5. The van der Waals surface area contributed by atoms with E-state index in [4.69, 9.17) is 19.4 Å². The number of piperazine rings is 1. The zero-order chi connectivity index (χ0) is 32.1. The van der Waals surface area contributed by atoms with E-state index in [9.17, 15) is 14.7 Å². The molecule has 4 saturated heterocycles. The molecule has 47 heavy (non-hydrogen) atoms. The van der Waals surface area contributed by atoms with Crippen molar-refractivity contribution in [3.63, 3.8) is 0 Å². The fourth-order valence-electron chi connectivity index (χ4n) is 8.68. The van der Waals surface area contributed by atoms with Crippen molar-refractivity contribution < 1.29 is 24.2 Å². The van der Waals surface area contributed by atoms with Gasteiger partial charge in [-0.05, 0) is 97.8 Å². The molecule has 0 unspecified atom stereocenters. The van der Waals surface area contributed by atoms with Gasteiger partial charge in [0.15, 0.2) is 0 Å². The van der Waals surface area contributed by atoms with Crippen LogP contribution in [-0.4, -0.2) is 94.3 Å². The molecule has 4 aromatic rings. The molecule has 1 N–H and O–H groups in total. The minimum atomic E-state index is -0.361. The lowest BCUT2D eigenvalue weighted by Gasteiger charge is -2.42. The number of phenols is 1. The van der Waals surface area contributed by atoms with Gasteiger partial charge in [0.2, 0.25) is 5.91 Å². The number of hydrogen-bond acceptors (Lipinski definition) is 9. The topological polar surface area (TPSA) is 108 Å². The average Bonchev–Trinajstić information content (AvgIpc) is 3.75. The van der Waals surface area contributed by atoms with Crippen molar-refractivity contribution in [3.05, 3.63) is 54.6 Å². The number of aromatic nitrogens is 2. The lowest BCUT2D eigenvalue weighted by molar-refractivity contribution is -0.144. The summed E-state index contributed by atoms with van der Waals surface area (Å²) in [6.07, 6.45) is 6.77. The number of rotatable bonds is 8. The van der Waals surface area contributed by atoms with Gasteiger partial charge in [-0.25, -0.2) is 0 Å². The molecule has 2 atom stereocenters. The third-order valence-corrected chi connectivity index (χ3v) is 10.9. The Labute approximate surface area is 274 Å². The predicted octanol–water partition coefficient (Wildman–Crippen LogP) is 5.30. The van der Waals surface area contributed by atoms with Crippen LogP contribution in [0.5, 0.6) is 11.8 Å². The van der Waals surface area contributed by atoms with Crippen LogP contribution in [0.4, 0.5) is 5.82 Å². The van der Waals surface area contributed by atoms with Crippen LogP contribution >= 0.6 is 0 Å². The van der Waals surface area contributed by atoms with Crippen molar-refractivity contribution in [1.82, 2.24) is 19.8 Å². The normalized spacial score (nSPS) is 21.8. The maximum Gasteiger partial charge on any atom is 0.319 e. The first-order chi connectivity index (χ1) is 22.9. The number of carbonyl (C=O) groups is 2. The zero-order valence-corrected chi connectivity index (χ0v) is 26.9. The van der Waals surface area contributed by atoms with Gasteiger partial charge in [0, 0.05) is 37.0 Å². The van der Waals surface area contributed by atoms with Crippen molar-refractivity contribution in [2.45, 2.75) is 69.0 Å². The number of esters is 1. The molecular formula is C37H41N5O5. The van der Waals surface area contributed by atoms with Crippen molar-refractivity contribution in [1.29, 1.82) is 0 Å². The molecule has 8 rings (SSSR count). The van der Waals surface area contributed by atoms with Crippen LogP contribution in [0.2, 0.25) is 0 Å². The van der Waals surface area contributed by atoms with Crippen molar-refractivity contribution in [2.24, 2.45) is 0 Å². The summed E-state index contributed by atoms with van der Waals surface area (Å²) in [6, 6.07) is 18.4. The molecule has 0 spiro atoms. The van der Waals surface area contributed by atoms with E-state index in [1.165, 1.54) is 20.0 Å². The lowest BCUT2D eigenvalue weighted by Crippen LogP contribution is -2.56. The number of phenolic OH excluding ortho intramolecular Hbond substituents is 1. The molecule has 0 radical (unpaired) electrons. The minimum absolute atomic E-state index is 0.0130. The maximum atomic E-state index is 13.2. The third-order valence-electron chi connectivity index (χ3n) is 10.9. The van der Waals surface area contributed by atoms with Crippen LogP contribution in [0.1, 0.15) is 51.4 Å². The molecule has 1 aromatic heterocycles. The van der Waals surface area contributed by atoms with Gasteiger partial charge in [0.1, 0.15) is 18.2 Å². The highest BCUT2D eigenvalue weighted by atomic mass is 16.5. The molecular weight excluding hydrogens is 594 g/mol. The number of carbonyl (C=O) groups excluding carboxylic acids is 2. The molecule has 10 nitrogen and oxygen atoms in total. The monoisotopic (exact) mass is 635 g/mol. The number of fused-ring (bicyclic) bond motifs is 5. The van der Waals surface area contributed by atoms with E-state index in [0.717, 1.165) is 77.4 Å². The Morgan fingerprint density at radius 1 is 0.936 bits per heavy atom. The summed E-state index contributed by atoms with van der Waals surface area (Å²) >= 11 is 0. The van der Waals surface area contributed by atoms with E-state index < -0.39 is 0 Å². The molecule has 1 amide bonds. The van der Waals surface area contributed by atoms with Gasteiger partial charge in [0.05, 0.1) is 24.6 Å². The summed E-state index contributed by atoms with van der Waals surface area (Å²) in [5, 5.41) is 13.5. The van der Waals surface area contributed by atoms with Gasteiger partial charge in [-0.3, -0.25) is 14.5 Å². The second-order valence-corrected chi connectivity index (χ2v) is 13.7. The van der Waals surface area contributed by atoms with E-state index >= 15 is 0 Å². The number of methoxy groups -OCH3 is 1. The molecule has 4 aliphatic rings. The molecule has 0 saturated carbocycles. The van der Waals surface area contributed by atoms with Crippen molar-refractivity contribution >= 4 is 39.4 Å². The van der Waals surface area contributed by atoms with E-state index in [1.54, 1.807) is 6.07 Å². The Kier molecular flexibility index (Phi) is 7.63. The summed E-state index contributed by atoms with van der Waals surface area (Å²) in [5.74, 6) is 0.694. The Morgan fingerprint density at radius 2 is 1.70 bits per heavy atom. The fraction of sp³-hybridized carbons (Fsp3) is 0.459. The first-order valence-electron chi connectivity index (χ1n) is 17.0. The first kappa shape index (κ1) is 29.9. The molecule has 244 valence electrons. The average molecular weight is 636 g/mol. The number of aromatic hydroxyl groups is 1. The van der Waals surface area contributed by atoms with Gasteiger partial charge in [-0.2, -0.15) is 9.97 Å². The van der Waals surface area contributed by atoms with Crippen molar-refractivity contribution in [3.8, 4) is 22.9 Å². The molecule has 3 aromatic carbocycles. The number of amides is 1. The number of anilines is 1. The molecule has 4 aliphatic heterocycles. The largest absolute Gasteiger partial charge is 0.508 e. The second-order valence-electron chi connectivity index (χ2n) is 13.7. The number of benzene rings is 3. The minimum Gasteiger partial charge on any atom is -0.508 e. The van der Waals surface area contributed by atoms with Gasteiger partial charge in [0.25, 0.3) is 0 Å². The Morgan fingerprint density at radius 3 is 2.47 bits per heavy atom. The van der Waals surface area contributed by atoms with E-state index in [2.05, 4.69) is 34.1 Å². The quantitative estimate of drug-likeness (QED) is 0.258. The van der Waals surface area contributed by atoms with E-state index in [1.807, 2.05) is 29.2 Å². The molecule has 5 heterocycles. The van der Waals surface area contributed by atoms with Gasteiger partial charge in [-0.1, -0.05) is 30.3 Å². The molecule has 2 bridgehead atoms. The van der Waals surface area contributed by atoms with Crippen LogP contribution in [0.3, 0.4) is 0 Å². The highest BCUT2D eigenvalue weighted by Crippen LogP contribution is 2.41. The Bertz CT molecular complexity index is 1840. The number of ether oxygens (including phenoxy) is 2. The summed E-state index contributed by atoms with van der Waals surface area (Å²) < 4.78 is 11.3. The Hall–Kier alpha value is -4.44. The van der Waals surface area contributed by atoms with Gasteiger partial charge in [-0.15, -0.1) is 0 Å². The highest BCUT2D eigenvalue weighted by molar-refractivity contribution is 6.01. The van der Waals surface area contributed by atoms with Crippen LogP contribution in [0.15, 0.2) is 54.6 Å². The van der Waals surface area contributed by atoms with E-state index in [0.29, 0.717) is 25.7 Å². The SMILES string of the molecule is COC(=O)CCC(=O)N1[C@@H]2CC[C@H]1CN(c1nc(OCC34CCCN3CCC4)nc3cc(-c4cc(O)cc5ccccc45)ccc13)C2. The first-order valence-corrected chi connectivity index (χ1v) is 17.0. The summed E-state index contributed by atoms with van der Waals surface area (Å²) in [6.45, 7) is 4.13. The number of hydrogen-bond donors (Lipinski definition) is 1. The van der Waals surface area contributed by atoms with Crippen molar-refractivity contribution in [2.75, 3.05) is 44.8 Å². The smallest absolute Gasteiger partial charge is 0.319 e. The second kappa shape index (κ2) is 12.0. The fourth-order valence-corrected chi connectivity index (χ4v) is 8.68. The van der Waals surface area contributed by atoms with Crippen LogP contribution in [-0.2, 0) is 14.3 Å². The summed E-state index contributed by atoms with van der Waals surface area (Å²) in [7, 11) is 1.35. The Balaban J connectivity index is 1.15. The maximum absolute atomic E-state index is 13.2. The highest BCUT2D eigenvalue weighted by Gasteiger charge is 2.46. The molecule has 4 fully saturated rings. The van der Waals surface area contributed by atoms with Crippen LogP contribution in [0.25, 0.3) is 32.8 Å². The van der Waals surface area contributed by atoms with Crippen LogP contribution in [0, 0.1) is 0 Å². The van der Waals surface area contributed by atoms with Gasteiger partial charge >= 0.3 is 12.0 Å². The van der Waals surface area contributed by atoms with Gasteiger partial charge < -0.3 is 24.4 Å². The summed E-state index contributed by atoms with van der Waals surface area (Å²) in [4.78, 5) is 41.9. The lowest BCUT2D eigenvalue weighted by atomic mass is 9.95. The molecule has 10 heteroatoms. The predicted molar refractivity (Wildman–Crippen MR) is 180 cm³/mol. The van der Waals surface area contributed by atoms with E-state index in [-0.39, 0.29) is 48.1 Å². The summed E-state index contributed by atoms with van der Waals surface area (Å²) in [5.41, 5.74) is 2.74. The van der Waals surface area contributed by atoms with Crippen LogP contribution < -0.4 is 9.64 Å². The standard InChI is InChI=1S/C37H41N5O5/c1-46-34(45)13-12-33(44)42-26-9-10-27(42)22-40(21-26)35-30-11-8-25(31-20-28(43)18-24-6-2-3-7-29(24)31)19-32(30)38-36(39-35)47-23-37-14-4-16-41(37)17-5-15-37/h2-3,6-8,11,18-20,26-27,43H,4-5,9-10,12-17,21-23H2,1H3/t26-,27+. The molecule has 0 aliphatic carbocycles. The zero-order valence-electron chi connectivity index (χ0n) is 26.9. The third kappa shape index (κ3) is 5.42.